The number of hydrogen-bond donors (Lipinski definition) is 3. The molecule has 0 bridgehead atoms. The van der Waals surface area contributed by atoms with Crippen molar-refractivity contribution in [1.29, 1.82) is 0 Å². The van der Waals surface area contributed by atoms with Crippen LogP contribution in [0.5, 0.6) is 34.5 Å². The largest absolute Gasteiger partial charge is 0.496 e. The van der Waals surface area contributed by atoms with Crippen molar-refractivity contribution in [3.05, 3.63) is 203 Å². The van der Waals surface area contributed by atoms with E-state index in [1.165, 1.54) is 0 Å². The Labute approximate surface area is 506 Å². The Morgan fingerprint density at radius 1 is 0.419 bits per heavy atom. The van der Waals surface area contributed by atoms with Crippen LogP contribution in [-0.2, 0) is 54.8 Å². The molecule has 0 spiro atoms. The van der Waals surface area contributed by atoms with Gasteiger partial charge < -0.3 is 72.6 Å². The van der Waals surface area contributed by atoms with Crippen LogP contribution in [0.15, 0.2) is 170 Å². The fraction of sp³-hybridized carbons (Fsp3) is 0.380. The summed E-state index contributed by atoms with van der Waals surface area (Å²) in [5.41, 5.74) is 6.48. The molecule has 2 aliphatic rings. The minimum absolute atomic E-state index is 0.0196. The first-order valence-electron chi connectivity index (χ1n) is 29.7. The predicted molar refractivity (Wildman–Crippen MR) is 335 cm³/mol. The number of para-hydroxylation sites is 2. The van der Waals surface area contributed by atoms with Crippen molar-refractivity contribution in [3.8, 4) is 34.5 Å². The van der Waals surface area contributed by atoms with Crippen LogP contribution < -0.4 is 39.1 Å². The summed E-state index contributed by atoms with van der Waals surface area (Å²) in [7, 11) is 8.39. The quantitative estimate of drug-likeness (QED) is 0.0289. The highest BCUT2D eigenvalue weighted by molar-refractivity contribution is 5.89. The molecular formula is C71H84N2O13. The molecule has 0 saturated carbocycles. The molecule has 2 saturated heterocycles. The molecule has 10 rings (SSSR count). The number of rotatable bonds is 30. The van der Waals surface area contributed by atoms with Crippen LogP contribution in [0.2, 0.25) is 0 Å². The number of methoxy groups -OCH3 is 5. The van der Waals surface area contributed by atoms with Gasteiger partial charge in [-0.15, -0.1) is 0 Å². The Hall–Kier alpha value is -7.28. The molecule has 0 aromatic heterocycles. The van der Waals surface area contributed by atoms with Gasteiger partial charge in [-0.05, 0) is 93.7 Å². The average molecular weight is 1170 g/mol. The molecule has 0 aliphatic carbocycles. The van der Waals surface area contributed by atoms with Crippen molar-refractivity contribution >= 4 is 21.5 Å². The summed E-state index contributed by atoms with van der Waals surface area (Å²) in [6.45, 7) is 7.50. The van der Waals surface area contributed by atoms with E-state index in [1.54, 1.807) is 35.5 Å². The lowest BCUT2D eigenvalue weighted by Gasteiger charge is -2.38. The molecule has 3 N–H and O–H groups in total. The molecule has 15 heteroatoms. The van der Waals surface area contributed by atoms with Gasteiger partial charge in [0, 0.05) is 92.4 Å². The standard InChI is InChI=1S/C36H43NO7.C35H41NO6/c1-38-25-44-35-22-37-21-34(43-23-26-19-28-9-4-6-11-31(28)33(20-26)40-3)36(35)27-13-15-30(16-14-27)42-18-8-17-41-24-29-10-5-7-12-32(29)39-2;1-38-32-11-6-4-9-28(32)24-40-16-7-17-41-30-14-12-26(13-15-30)35-29(22-37)20-36-21-34(35)42-23-25-18-27-8-3-5-10-31(27)33(19-25)39-2/h4-7,9-16,19-20,34-37H,8,17-18,21-25H2,1-3H3;3-6,8-15,18-19,29,34-37H,7,16-17,20-24H2,1-2H3/t34-,35+,36+;29-,34-,35-/m00/s1. The summed E-state index contributed by atoms with van der Waals surface area (Å²) in [6, 6.07) is 57.1. The van der Waals surface area contributed by atoms with Crippen LogP contribution in [-0.4, -0.2) is 125 Å². The zero-order chi connectivity index (χ0) is 59.7. The van der Waals surface area contributed by atoms with Crippen LogP contribution in [0, 0.1) is 5.92 Å². The number of piperidine rings is 2. The van der Waals surface area contributed by atoms with Gasteiger partial charge in [-0.3, -0.25) is 0 Å². The molecule has 2 heterocycles. The van der Waals surface area contributed by atoms with Gasteiger partial charge >= 0.3 is 0 Å². The first-order chi connectivity index (χ1) is 42.4. The topological polar surface area (TPSA) is 155 Å². The van der Waals surface area contributed by atoms with Crippen LogP contribution >= 0.6 is 0 Å². The van der Waals surface area contributed by atoms with Gasteiger partial charge in [0.05, 0.1) is 99.6 Å². The third-order valence-corrected chi connectivity index (χ3v) is 15.8. The zero-order valence-corrected chi connectivity index (χ0v) is 50.3. The minimum atomic E-state index is -0.105. The minimum Gasteiger partial charge on any atom is -0.496 e. The summed E-state index contributed by atoms with van der Waals surface area (Å²) in [6.07, 6.45) is 1.28. The Balaban J connectivity index is 0.000000206. The maximum atomic E-state index is 10.2. The fourth-order valence-corrected chi connectivity index (χ4v) is 11.4. The van der Waals surface area contributed by atoms with E-state index in [0.717, 1.165) is 122 Å². The third-order valence-electron chi connectivity index (χ3n) is 15.8. The smallest absolute Gasteiger partial charge is 0.146 e. The molecule has 456 valence electrons. The summed E-state index contributed by atoms with van der Waals surface area (Å²) in [5, 5.41) is 21.6. The summed E-state index contributed by atoms with van der Waals surface area (Å²) in [5.74, 6) is 5.16. The predicted octanol–water partition coefficient (Wildman–Crippen LogP) is 11.8. The second-order valence-electron chi connectivity index (χ2n) is 21.4. The summed E-state index contributed by atoms with van der Waals surface area (Å²) < 4.78 is 70.2. The highest BCUT2D eigenvalue weighted by Crippen LogP contribution is 2.37. The number of aliphatic hydroxyl groups excluding tert-OH is 1. The Bertz CT molecular complexity index is 3290. The third kappa shape index (κ3) is 17.5. The number of ether oxygens (including phenoxy) is 12. The number of hydrogen-bond acceptors (Lipinski definition) is 15. The highest BCUT2D eigenvalue weighted by Gasteiger charge is 2.37. The van der Waals surface area contributed by atoms with Crippen molar-refractivity contribution in [2.45, 2.75) is 69.4 Å². The fourth-order valence-electron chi connectivity index (χ4n) is 11.4. The van der Waals surface area contributed by atoms with E-state index < -0.39 is 0 Å². The van der Waals surface area contributed by atoms with Gasteiger partial charge in [-0.1, -0.05) is 109 Å². The molecule has 15 nitrogen and oxygen atoms in total. The average Bonchev–Trinajstić information content (AvgIpc) is 2.49. The Morgan fingerprint density at radius 2 is 0.849 bits per heavy atom. The molecule has 0 radical (unpaired) electrons. The van der Waals surface area contributed by atoms with Crippen molar-refractivity contribution in [3.63, 3.8) is 0 Å². The molecule has 2 aliphatic heterocycles. The normalized spacial score (nSPS) is 18.4. The lowest BCUT2D eigenvalue weighted by Crippen LogP contribution is -2.50. The first kappa shape index (κ1) is 63.2. The van der Waals surface area contributed by atoms with Crippen LogP contribution in [0.25, 0.3) is 21.5 Å². The summed E-state index contributed by atoms with van der Waals surface area (Å²) >= 11 is 0. The lowest BCUT2D eigenvalue weighted by molar-refractivity contribution is -0.113. The Morgan fingerprint density at radius 3 is 1.33 bits per heavy atom. The maximum Gasteiger partial charge on any atom is 0.146 e. The van der Waals surface area contributed by atoms with Crippen LogP contribution in [0.3, 0.4) is 0 Å². The first-order valence-corrected chi connectivity index (χ1v) is 29.7. The van der Waals surface area contributed by atoms with Crippen LogP contribution in [0.1, 0.15) is 58.1 Å². The maximum absolute atomic E-state index is 10.2. The van der Waals surface area contributed by atoms with Crippen molar-refractivity contribution in [2.24, 2.45) is 5.92 Å². The molecule has 86 heavy (non-hydrogen) atoms. The van der Waals surface area contributed by atoms with Gasteiger partial charge in [-0.2, -0.15) is 0 Å². The van der Waals surface area contributed by atoms with Gasteiger partial charge in [-0.25, -0.2) is 0 Å². The Kier molecular flexibility index (Phi) is 24.7. The molecule has 0 unspecified atom stereocenters. The van der Waals surface area contributed by atoms with Gasteiger partial charge in [0.2, 0.25) is 0 Å². The van der Waals surface area contributed by atoms with Crippen molar-refractivity contribution in [1.82, 2.24) is 10.6 Å². The molecule has 6 atom stereocenters. The van der Waals surface area contributed by atoms with E-state index in [4.69, 9.17) is 56.8 Å². The molecular weight excluding hydrogens is 1090 g/mol. The number of nitrogens with one attached hydrogen (secondary N) is 2. The zero-order valence-electron chi connectivity index (χ0n) is 50.3. The van der Waals surface area contributed by atoms with E-state index >= 15 is 0 Å². The van der Waals surface area contributed by atoms with Gasteiger partial charge in [0.1, 0.15) is 41.3 Å². The highest BCUT2D eigenvalue weighted by atomic mass is 16.7. The monoisotopic (exact) mass is 1170 g/mol. The van der Waals surface area contributed by atoms with Crippen molar-refractivity contribution < 1.29 is 61.9 Å². The van der Waals surface area contributed by atoms with E-state index in [1.807, 2.05) is 103 Å². The molecule has 0 amide bonds. The molecule has 2 fully saturated rings. The second kappa shape index (κ2) is 33.6. The van der Waals surface area contributed by atoms with E-state index in [-0.39, 0.29) is 49.5 Å². The second-order valence-corrected chi connectivity index (χ2v) is 21.4. The molecule has 8 aromatic carbocycles. The number of fused-ring (bicyclic) bond motifs is 2. The molecule has 8 aromatic rings. The van der Waals surface area contributed by atoms with Gasteiger partial charge in [0.25, 0.3) is 0 Å². The van der Waals surface area contributed by atoms with Gasteiger partial charge in [0.15, 0.2) is 0 Å². The number of aliphatic hydroxyl groups is 1. The number of benzene rings is 8. The summed E-state index contributed by atoms with van der Waals surface area (Å²) in [4.78, 5) is 0. The van der Waals surface area contributed by atoms with Crippen molar-refractivity contribution in [2.75, 3.05) is 102 Å². The van der Waals surface area contributed by atoms with E-state index in [2.05, 4.69) is 77.4 Å². The van der Waals surface area contributed by atoms with E-state index in [0.29, 0.717) is 59.4 Å². The SMILES string of the molecule is COCO[C@@H]1CNC[C@H](OCc2cc(OC)c3ccccc3c2)[C@H]1c1ccc(OCCCOCc2ccccc2OC)cc1.COc1ccccc1COCCCOc1ccc([C@H]2[C@H](CO)CNC[C@@H]2OCc2cc(OC)c3ccccc3c2)cc1. The van der Waals surface area contributed by atoms with Crippen LogP contribution in [0.4, 0.5) is 0 Å². The lowest BCUT2D eigenvalue weighted by atomic mass is 9.79. The van der Waals surface area contributed by atoms with E-state index in [9.17, 15) is 5.11 Å².